The third-order valence-electron chi connectivity index (χ3n) is 8.37. The molecule has 8 aromatic rings. The molecule has 0 unspecified atom stereocenters. The molecule has 0 aliphatic heterocycles. The van der Waals surface area contributed by atoms with Crippen LogP contribution in [0.2, 0.25) is 0 Å². The molecule has 0 spiro atoms. The molecule has 2 heterocycles. The van der Waals surface area contributed by atoms with E-state index in [2.05, 4.69) is 60.7 Å². The summed E-state index contributed by atoms with van der Waals surface area (Å²) in [5.74, 6) is -2.36. The highest BCUT2D eigenvalue weighted by molar-refractivity contribution is 7.31. The molecule has 0 saturated heterocycles. The minimum absolute atomic E-state index is 0.512. The van der Waals surface area contributed by atoms with Crippen molar-refractivity contribution >= 4 is 32.1 Å². The van der Waals surface area contributed by atoms with Crippen LogP contribution in [0.3, 0.4) is 0 Å². The molecular formula is C42H24F4S2. The van der Waals surface area contributed by atoms with Crippen LogP contribution in [0, 0.1) is 23.3 Å². The van der Waals surface area contributed by atoms with Crippen molar-refractivity contribution in [1.29, 1.82) is 0 Å². The summed E-state index contributed by atoms with van der Waals surface area (Å²) in [7, 11) is 0. The third kappa shape index (κ3) is 6.08. The molecule has 232 valence electrons. The lowest BCUT2D eigenvalue weighted by Gasteiger charge is -2.07. The Morgan fingerprint density at radius 3 is 0.750 bits per heavy atom. The van der Waals surface area contributed by atoms with Gasteiger partial charge in [-0.05, 0) is 92.0 Å². The van der Waals surface area contributed by atoms with Gasteiger partial charge >= 0.3 is 0 Å². The van der Waals surface area contributed by atoms with Crippen molar-refractivity contribution in [2.45, 2.75) is 0 Å². The van der Waals surface area contributed by atoms with Crippen LogP contribution in [-0.4, -0.2) is 0 Å². The summed E-state index contributed by atoms with van der Waals surface area (Å²) in [4.78, 5) is 2.41. The van der Waals surface area contributed by atoms with Crippen molar-refractivity contribution in [3.05, 3.63) is 169 Å². The molecule has 0 amide bonds. The van der Waals surface area contributed by atoms with Crippen molar-refractivity contribution in [3.8, 4) is 65.4 Å². The predicted molar refractivity (Wildman–Crippen MR) is 192 cm³/mol. The molecule has 2 aromatic heterocycles. The minimum Gasteiger partial charge on any atom is -0.207 e. The third-order valence-corrected chi connectivity index (χ3v) is 10.8. The highest BCUT2D eigenvalue weighted by Crippen LogP contribution is 2.42. The lowest BCUT2D eigenvalue weighted by molar-refractivity contribution is 0.583. The number of hydrogen-bond donors (Lipinski definition) is 0. The molecule has 0 atom stereocenters. The van der Waals surface area contributed by atoms with Crippen LogP contribution in [0.15, 0.2) is 146 Å². The maximum atomic E-state index is 13.7. The molecule has 48 heavy (non-hydrogen) atoms. The molecular weight excluding hydrogens is 645 g/mol. The maximum absolute atomic E-state index is 13.7. The lowest BCUT2D eigenvalue weighted by Crippen LogP contribution is -1.85. The topological polar surface area (TPSA) is 0 Å². The summed E-state index contributed by atoms with van der Waals surface area (Å²) in [5.41, 5.74) is 9.04. The quantitative estimate of drug-likeness (QED) is 0.155. The van der Waals surface area contributed by atoms with Gasteiger partial charge in [0.15, 0.2) is 0 Å². The normalized spacial score (nSPS) is 11.3. The Morgan fingerprint density at radius 1 is 0.250 bits per heavy atom. The molecule has 0 saturated carbocycles. The lowest BCUT2D eigenvalue weighted by atomic mass is 9.99. The van der Waals surface area contributed by atoms with Gasteiger partial charge in [-0.25, -0.2) is 17.6 Å². The molecule has 0 fully saturated rings. The first-order chi connectivity index (χ1) is 23.3. The number of rotatable bonds is 6. The largest absolute Gasteiger partial charge is 0.207 e. The van der Waals surface area contributed by atoms with E-state index in [1.165, 1.54) is 43.4 Å². The van der Waals surface area contributed by atoms with E-state index in [1.54, 1.807) is 22.7 Å². The molecule has 0 aliphatic carbocycles. The van der Waals surface area contributed by atoms with Gasteiger partial charge in [0.2, 0.25) is 0 Å². The van der Waals surface area contributed by atoms with E-state index in [9.17, 15) is 17.6 Å². The van der Waals surface area contributed by atoms with Crippen LogP contribution in [0.5, 0.6) is 0 Å². The number of benzene rings is 6. The Morgan fingerprint density at radius 2 is 0.479 bits per heavy atom. The van der Waals surface area contributed by atoms with E-state index in [-0.39, 0.29) is 0 Å². The molecule has 0 nitrogen and oxygen atoms in total. The molecule has 0 aliphatic rings. The molecule has 0 bridgehead atoms. The van der Waals surface area contributed by atoms with Gasteiger partial charge in [-0.3, -0.25) is 0 Å². The Balaban J connectivity index is 0.960. The summed E-state index contributed by atoms with van der Waals surface area (Å²) in [5, 5.41) is 0. The van der Waals surface area contributed by atoms with E-state index >= 15 is 0 Å². The van der Waals surface area contributed by atoms with E-state index in [0.29, 0.717) is 11.1 Å². The predicted octanol–water partition coefficient (Wildman–Crippen LogP) is 13.5. The van der Waals surface area contributed by atoms with Crippen LogP contribution >= 0.6 is 22.7 Å². The van der Waals surface area contributed by atoms with Gasteiger partial charge in [0, 0.05) is 31.3 Å². The van der Waals surface area contributed by atoms with Gasteiger partial charge < -0.3 is 0 Å². The van der Waals surface area contributed by atoms with Crippen molar-refractivity contribution < 1.29 is 17.6 Å². The molecule has 8 rings (SSSR count). The monoisotopic (exact) mass is 668 g/mol. The standard InChI is InChI=1S/C42H24F4S2/c43-35-17-33(18-36(44)21-35)29-5-1-25(2-6-29)27-9-13-31(14-10-27)39-23-41-42(47-39)24-40(48-41)32-15-11-28(12-16-32)26-3-7-30(8-4-26)34-19-37(45)22-38(46)20-34/h1-24H. The summed E-state index contributed by atoms with van der Waals surface area (Å²) in [6.45, 7) is 0. The van der Waals surface area contributed by atoms with Crippen LogP contribution in [0.4, 0.5) is 17.6 Å². The molecule has 0 N–H and O–H groups in total. The van der Waals surface area contributed by atoms with E-state index < -0.39 is 23.3 Å². The molecule has 6 aromatic carbocycles. The van der Waals surface area contributed by atoms with E-state index in [1.807, 2.05) is 48.5 Å². The van der Waals surface area contributed by atoms with Gasteiger partial charge in [-0.2, -0.15) is 0 Å². The number of hydrogen-bond acceptors (Lipinski definition) is 2. The Labute approximate surface area is 282 Å². The fourth-order valence-electron chi connectivity index (χ4n) is 5.93. The zero-order chi connectivity index (χ0) is 32.8. The zero-order valence-electron chi connectivity index (χ0n) is 25.2. The number of thiophene rings is 2. The van der Waals surface area contributed by atoms with Gasteiger partial charge in [-0.15, -0.1) is 22.7 Å². The second kappa shape index (κ2) is 12.4. The van der Waals surface area contributed by atoms with Crippen LogP contribution < -0.4 is 0 Å². The summed E-state index contributed by atoms with van der Waals surface area (Å²) in [6.07, 6.45) is 0. The summed E-state index contributed by atoms with van der Waals surface area (Å²) >= 11 is 3.55. The van der Waals surface area contributed by atoms with Crippen LogP contribution in [0.25, 0.3) is 74.8 Å². The number of fused-ring (bicyclic) bond motifs is 1. The first kappa shape index (κ1) is 30.1. The Bertz CT molecular complexity index is 2160. The minimum atomic E-state index is -0.589. The van der Waals surface area contributed by atoms with Gasteiger partial charge in [0.1, 0.15) is 23.3 Å². The average molecular weight is 669 g/mol. The van der Waals surface area contributed by atoms with E-state index in [0.717, 1.165) is 56.6 Å². The Kier molecular flexibility index (Phi) is 7.75. The fraction of sp³-hybridized carbons (Fsp3) is 0. The first-order valence-electron chi connectivity index (χ1n) is 15.2. The first-order valence-corrected chi connectivity index (χ1v) is 16.9. The average Bonchev–Trinajstić information content (AvgIpc) is 3.68. The molecule has 0 radical (unpaired) electrons. The van der Waals surface area contributed by atoms with Crippen LogP contribution in [-0.2, 0) is 0 Å². The second-order valence-electron chi connectivity index (χ2n) is 11.6. The van der Waals surface area contributed by atoms with Crippen LogP contribution in [0.1, 0.15) is 0 Å². The summed E-state index contributed by atoms with van der Waals surface area (Å²) in [6, 6.07) is 43.9. The number of halogens is 4. The fourth-order valence-corrected chi connectivity index (χ4v) is 8.33. The van der Waals surface area contributed by atoms with Gasteiger partial charge in [-0.1, -0.05) is 97.1 Å². The van der Waals surface area contributed by atoms with Gasteiger partial charge in [0.05, 0.1) is 0 Å². The zero-order valence-corrected chi connectivity index (χ0v) is 26.8. The second-order valence-corrected chi connectivity index (χ2v) is 13.7. The summed E-state index contributed by atoms with van der Waals surface area (Å²) < 4.78 is 57.1. The highest BCUT2D eigenvalue weighted by atomic mass is 32.1. The van der Waals surface area contributed by atoms with Crippen molar-refractivity contribution in [1.82, 2.24) is 0 Å². The van der Waals surface area contributed by atoms with Gasteiger partial charge in [0.25, 0.3) is 0 Å². The Hall–Kier alpha value is -5.30. The smallest absolute Gasteiger partial charge is 0.126 e. The van der Waals surface area contributed by atoms with Crippen molar-refractivity contribution in [2.24, 2.45) is 0 Å². The maximum Gasteiger partial charge on any atom is 0.126 e. The van der Waals surface area contributed by atoms with Crippen molar-refractivity contribution in [2.75, 3.05) is 0 Å². The van der Waals surface area contributed by atoms with Crippen molar-refractivity contribution in [3.63, 3.8) is 0 Å². The molecule has 6 heteroatoms. The highest BCUT2D eigenvalue weighted by Gasteiger charge is 2.12. The van der Waals surface area contributed by atoms with E-state index in [4.69, 9.17) is 0 Å². The SMILES string of the molecule is Fc1cc(F)cc(-c2ccc(-c3ccc(-c4cc5sc(-c6ccc(-c7ccc(-c8cc(F)cc(F)c8)cc7)cc6)cc5s4)cc3)cc2)c1.